The van der Waals surface area contributed by atoms with Gasteiger partial charge in [0.05, 0.1) is 7.11 Å². The summed E-state index contributed by atoms with van der Waals surface area (Å²) in [5, 5.41) is 0. The summed E-state index contributed by atoms with van der Waals surface area (Å²) in [6.45, 7) is 1.32. The minimum absolute atomic E-state index is 0.0202. The highest BCUT2D eigenvalue weighted by Crippen LogP contribution is 2.09. The van der Waals surface area contributed by atoms with Crippen molar-refractivity contribution in [3.05, 3.63) is 23.7 Å². The zero-order valence-corrected chi connectivity index (χ0v) is 7.90. The van der Waals surface area contributed by atoms with Gasteiger partial charge in [0.2, 0.25) is 5.76 Å². The number of furan rings is 1. The fourth-order valence-electron chi connectivity index (χ4n) is 0.839. The molecule has 0 bridgehead atoms. The second-order valence-corrected chi connectivity index (χ2v) is 2.54. The molecule has 5 heteroatoms. The van der Waals surface area contributed by atoms with Gasteiger partial charge in [-0.1, -0.05) is 0 Å². The topological polar surface area (TPSA) is 65.7 Å². The number of esters is 2. The Kier molecular flexibility index (Phi) is 3.28. The van der Waals surface area contributed by atoms with Gasteiger partial charge in [-0.2, -0.15) is 0 Å². The third-order valence-electron chi connectivity index (χ3n) is 1.47. The highest BCUT2D eigenvalue weighted by Gasteiger charge is 2.11. The lowest BCUT2D eigenvalue weighted by Crippen LogP contribution is -1.99. The van der Waals surface area contributed by atoms with Crippen molar-refractivity contribution in [2.75, 3.05) is 7.11 Å². The number of ether oxygens (including phenoxy) is 2. The van der Waals surface area contributed by atoms with Gasteiger partial charge in [0, 0.05) is 6.92 Å². The molecule has 1 rings (SSSR count). The van der Waals surface area contributed by atoms with Gasteiger partial charge in [-0.05, 0) is 12.1 Å². The van der Waals surface area contributed by atoms with Crippen LogP contribution in [-0.2, 0) is 20.9 Å². The Labute approximate surface area is 80.6 Å². The minimum Gasteiger partial charge on any atom is -0.463 e. The Morgan fingerprint density at radius 1 is 1.43 bits per heavy atom. The summed E-state index contributed by atoms with van der Waals surface area (Å²) in [4.78, 5) is 21.4. The van der Waals surface area contributed by atoms with Gasteiger partial charge in [0.25, 0.3) is 0 Å². The van der Waals surface area contributed by atoms with Gasteiger partial charge in [0.15, 0.2) is 0 Å². The Morgan fingerprint density at radius 3 is 2.71 bits per heavy atom. The van der Waals surface area contributed by atoms with Crippen LogP contribution in [0.2, 0.25) is 0 Å². The van der Waals surface area contributed by atoms with Crippen molar-refractivity contribution in [2.24, 2.45) is 0 Å². The number of methoxy groups -OCH3 is 1. The first-order valence-electron chi connectivity index (χ1n) is 3.94. The van der Waals surface area contributed by atoms with Crippen molar-refractivity contribution < 1.29 is 23.5 Å². The van der Waals surface area contributed by atoms with Crippen LogP contribution >= 0.6 is 0 Å². The highest BCUT2D eigenvalue weighted by molar-refractivity contribution is 5.86. The van der Waals surface area contributed by atoms with Crippen LogP contribution in [0.1, 0.15) is 23.2 Å². The summed E-state index contributed by atoms with van der Waals surface area (Å²) < 4.78 is 14.1. The lowest BCUT2D eigenvalue weighted by Gasteiger charge is -1.97. The molecular formula is C9H10O5. The fraction of sp³-hybridized carbons (Fsp3) is 0.333. The summed E-state index contributed by atoms with van der Waals surface area (Å²) in [5.41, 5.74) is 0. The molecule has 0 saturated heterocycles. The van der Waals surface area contributed by atoms with Crippen LogP contribution in [-0.4, -0.2) is 19.0 Å². The van der Waals surface area contributed by atoms with Gasteiger partial charge in [-0.15, -0.1) is 0 Å². The summed E-state index contributed by atoms with van der Waals surface area (Å²) >= 11 is 0. The molecule has 5 nitrogen and oxygen atoms in total. The van der Waals surface area contributed by atoms with E-state index >= 15 is 0 Å². The van der Waals surface area contributed by atoms with E-state index in [9.17, 15) is 9.59 Å². The first-order valence-corrected chi connectivity index (χ1v) is 3.94. The summed E-state index contributed by atoms with van der Waals surface area (Å²) in [6, 6.07) is 3.01. The number of carbonyl (C=O) groups is 2. The molecule has 0 radical (unpaired) electrons. The highest BCUT2D eigenvalue weighted by atomic mass is 16.5. The lowest BCUT2D eigenvalue weighted by molar-refractivity contribution is -0.142. The molecule has 14 heavy (non-hydrogen) atoms. The second-order valence-electron chi connectivity index (χ2n) is 2.54. The van der Waals surface area contributed by atoms with Gasteiger partial charge in [0.1, 0.15) is 12.4 Å². The van der Waals surface area contributed by atoms with Gasteiger partial charge >= 0.3 is 11.9 Å². The molecule has 1 aromatic heterocycles. The van der Waals surface area contributed by atoms with E-state index in [4.69, 9.17) is 4.42 Å². The van der Waals surface area contributed by atoms with Crippen LogP contribution in [0.25, 0.3) is 0 Å². The standard InChI is InChI=1S/C9H10O5/c1-6(10)13-5-7-3-4-8(14-7)9(11)12-2/h3-4H,5H2,1-2H3. The minimum atomic E-state index is -0.556. The third-order valence-corrected chi connectivity index (χ3v) is 1.47. The molecule has 0 aliphatic heterocycles. The maximum absolute atomic E-state index is 10.9. The molecule has 76 valence electrons. The number of hydrogen-bond donors (Lipinski definition) is 0. The largest absolute Gasteiger partial charge is 0.463 e. The number of rotatable bonds is 3. The summed E-state index contributed by atoms with van der Waals surface area (Å²) in [6.07, 6.45) is 0. The molecule has 1 heterocycles. The molecule has 0 aromatic carbocycles. The van der Waals surface area contributed by atoms with E-state index in [1.54, 1.807) is 6.07 Å². The smallest absolute Gasteiger partial charge is 0.373 e. The van der Waals surface area contributed by atoms with Crippen molar-refractivity contribution >= 4 is 11.9 Å². The van der Waals surface area contributed by atoms with Crippen molar-refractivity contribution in [2.45, 2.75) is 13.5 Å². The van der Waals surface area contributed by atoms with Crippen LogP contribution in [0.4, 0.5) is 0 Å². The predicted molar refractivity (Wildman–Crippen MR) is 45.5 cm³/mol. The van der Waals surface area contributed by atoms with Crippen molar-refractivity contribution in [1.29, 1.82) is 0 Å². The molecule has 0 spiro atoms. The zero-order chi connectivity index (χ0) is 10.6. The monoisotopic (exact) mass is 198 g/mol. The van der Waals surface area contributed by atoms with Crippen LogP contribution in [0, 0.1) is 0 Å². The van der Waals surface area contributed by atoms with E-state index in [0.29, 0.717) is 5.76 Å². The van der Waals surface area contributed by atoms with E-state index in [2.05, 4.69) is 9.47 Å². The molecule has 0 fully saturated rings. The molecule has 1 aromatic rings. The van der Waals surface area contributed by atoms with Crippen molar-refractivity contribution in [3.63, 3.8) is 0 Å². The van der Waals surface area contributed by atoms with Crippen LogP contribution in [0.3, 0.4) is 0 Å². The Bertz CT molecular complexity index is 339. The van der Waals surface area contributed by atoms with E-state index in [1.165, 1.54) is 20.1 Å². The molecule has 0 atom stereocenters. The Hall–Kier alpha value is -1.78. The molecule has 0 saturated carbocycles. The molecule has 0 unspecified atom stereocenters. The summed E-state index contributed by atoms with van der Waals surface area (Å²) in [7, 11) is 1.26. The van der Waals surface area contributed by atoms with E-state index in [-0.39, 0.29) is 12.4 Å². The predicted octanol–water partition coefficient (Wildman–Crippen LogP) is 1.13. The molecule has 0 N–H and O–H groups in total. The normalized spacial score (nSPS) is 9.57. The quantitative estimate of drug-likeness (QED) is 0.681. The number of hydrogen-bond acceptors (Lipinski definition) is 5. The average molecular weight is 198 g/mol. The van der Waals surface area contributed by atoms with E-state index < -0.39 is 11.9 Å². The van der Waals surface area contributed by atoms with E-state index in [0.717, 1.165) is 0 Å². The first-order chi connectivity index (χ1) is 6.63. The van der Waals surface area contributed by atoms with Gasteiger partial charge in [-0.3, -0.25) is 4.79 Å². The lowest BCUT2D eigenvalue weighted by atomic mass is 10.4. The van der Waals surface area contributed by atoms with Crippen LogP contribution in [0.15, 0.2) is 16.5 Å². The van der Waals surface area contributed by atoms with E-state index in [1.807, 2.05) is 0 Å². The molecule has 0 aliphatic carbocycles. The molecular weight excluding hydrogens is 188 g/mol. The Balaban J connectivity index is 2.59. The Morgan fingerprint density at radius 2 is 2.14 bits per heavy atom. The summed E-state index contributed by atoms with van der Waals surface area (Å²) in [5.74, 6) is -0.463. The number of carbonyl (C=O) groups excluding carboxylic acids is 2. The van der Waals surface area contributed by atoms with Gasteiger partial charge < -0.3 is 13.9 Å². The molecule has 0 aliphatic rings. The zero-order valence-electron chi connectivity index (χ0n) is 7.90. The van der Waals surface area contributed by atoms with Crippen LogP contribution < -0.4 is 0 Å². The maximum Gasteiger partial charge on any atom is 0.373 e. The first kappa shape index (κ1) is 10.3. The molecule has 0 amide bonds. The van der Waals surface area contributed by atoms with Crippen molar-refractivity contribution in [1.82, 2.24) is 0 Å². The second kappa shape index (κ2) is 4.45. The van der Waals surface area contributed by atoms with Crippen molar-refractivity contribution in [3.8, 4) is 0 Å². The third kappa shape index (κ3) is 2.62. The average Bonchev–Trinajstić information content (AvgIpc) is 2.62. The van der Waals surface area contributed by atoms with Crippen LogP contribution in [0.5, 0.6) is 0 Å². The maximum atomic E-state index is 10.9. The fourth-order valence-corrected chi connectivity index (χ4v) is 0.839. The SMILES string of the molecule is COC(=O)c1ccc(COC(C)=O)o1. The van der Waals surface area contributed by atoms with Gasteiger partial charge in [-0.25, -0.2) is 4.79 Å².